The number of nitrogens with zero attached hydrogens (tertiary/aromatic N) is 1. The fourth-order valence-corrected chi connectivity index (χ4v) is 6.98. The number of aliphatic hydroxyl groups is 1. The van der Waals surface area contributed by atoms with E-state index in [9.17, 15) is 34.5 Å². The standard InChI is InChI=1S/C43H50N2O10/c1-21(2)28-15-16-29-32(20-28)55-42-36(44-29)33-34-38(48)25(6)39(49)35(33)41(51)37(42)45-43(52)24(5)13-11-12-22(3)18-23(4)19-30(47)31(54-27(8)46)14-9-10-17-53-26(7)40(34)50/h10-13,15-17,20-23,26,30-31,47,49,51H,9,14,18-19H2,1-8H3,(H,45,52)/b12-11+,17-10+,24-13+/t22?,23-,26?,30?,31?/m0/s1. The number of fused-ring (bicyclic) bond motifs is 1. The first-order valence-corrected chi connectivity index (χ1v) is 18.6. The predicted octanol–water partition coefficient (Wildman–Crippen LogP) is 8.02. The molecular formula is C43H50N2O10. The number of hydrogen-bond donors (Lipinski definition) is 4. The average Bonchev–Trinajstić information content (AvgIpc) is 3.12. The van der Waals surface area contributed by atoms with Gasteiger partial charge < -0.3 is 34.5 Å². The van der Waals surface area contributed by atoms with E-state index in [-0.39, 0.29) is 62.0 Å². The first-order chi connectivity index (χ1) is 26.0. The van der Waals surface area contributed by atoms with Crippen molar-refractivity contribution in [1.82, 2.24) is 4.98 Å². The van der Waals surface area contributed by atoms with Crippen LogP contribution < -0.4 is 10.7 Å². The molecule has 4 aromatic rings. The molecule has 0 aliphatic carbocycles. The molecule has 1 amide bonds. The molecule has 5 rings (SSSR count). The molecular weight excluding hydrogens is 704 g/mol. The number of aromatic nitrogens is 1. The maximum atomic E-state index is 14.2. The highest BCUT2D eigenvalue weighted by atomic mass is 16.6. The average molecular weight is 755 g/mol. The van der Waals surface area contributed by atoms with Gasteiger partial charge in [-0.15, -0.1) is 0 Å². The second-order valence-corrected chi connectivity index (χ2v) is 15.0. The Kier molecular flexibility index (Phi) is 12.5. The molecule has 5 atom stereocenters. The first-order valence-electron chi connectivity index (χ1n) is 18.6. The smallest absolute Gasteiger partial charge is 0.302 e. The van der Waals surface area contributed by atoms with Crippen LogP contribution in [0, 0.1) is 18.8 Å². The third-order valence-electron chi connectivity index (χ3n) is 10.1. The minimum absolute atomic E-state index is 0.0413. The zero-order valence-electron chi connectivity index (χ0n) is 32.6. The summed E-state index contributed by atoms with van der Waals surface area (Å²) < 4.78 is 17.6. The Hall–Kier alpha value is -5.49. The lowest BCUT2D eigenvalue weighted by Gasteiger charge is -2.25. The van der Waals surface area contributed by atoms with Crippen LogP contribution in [-0.2, 0) is 19.1 Å². The number of phenols is 2. The van der Waals surface area contributed by atoms with Crippen molar-refractivity contribution in [3.8, 4) is 11.5 Å². The van der Waals surface area contributed by atoms with E-state index in [0.29, 0.717) is 36.8 Å². The number of Topliss-reactive ketones (excluding diaryl/α,β-unsaturated/α-hetero) is 1. The molecule has 3 aromatic carbocycles. The number of ether oxygens (including phenoxy) is 2. The Morgan fingerprint density at radius 2 is 1.76 bits per heavy atom. The van der Waals surface area contributed by atoms with Crippen LogP contribution in [0.5, 0.6) is 11.5 Å². The molecule has 2 heterocycles. The van der Waals surface area contributed by atoms with Gasteiger partial charge in [0.1, 0.15) is 28.6 Å². The van der Waals surface area contributed by atoms with Crippen molar-refractivity contribution in [3.63, 3.8) is 0 Å². The number of anilines is 1. The van der Waals surface area contributed by atoms with E-state index in [1.165, 1.54) is 27.0 Å². The van der Waals surface area contributed by atoms with Gasteiger partial charge in [-0.1, -0.05) is 52.0 Å². The minimum Gasteiger partial charge on any atom is -0.507 e. The van der Waals surface area contributed by atoms with Gasteiger partial charge in [-0.2, -0.15) is 0 Å². The summed E-state index contributed by atoms with van der Waals surface area (Å²) in [6.45, 7) is 13.7. The third kappa shape index (κ3) is 8.75. The summed E-state index contributed by atoms with van der Waals surface area (Å²) in [6.07, 6.45) is 7.09. The van der Waals surface area contributed by atoms with Gasteiger partial charge in [0.2, 0.25) is 5.78 Å². The van der Waals surface area contributed by atoms with Gasteiger partial charge >= 0.3 is 5.97 Å². The van der Waals surface area contributed by atoms with Gasteiger partial charge in [0, 0.05) is 23.4 Å². The first kappa shape index (κ1) is 40.7. The number of carbonyl (C=O) groups excluding carboxylic acids is 3. The van der Waals surface area contributed by atoms with Gasteiger partial charge in [0.15, 0.2) is 28.4 Å². The highest BCUT2D eigenvalue weighted by molar-refractivity contribution is 6.25. The zero-order valence-corrected chi connectivity index (χ0v) is 32.6. The van der Waals surface area contributed by atoms with Crippen molar-refractivity contribution in [2.24, 2.45) is 11.8 Å². The van der Waals surface area contributed by atoms with Crippen LogP contribution in [0.1, 0.15) is 102 Å². The van der Waals surface area contributed by atoms with Crippen molar-refractivity contribution in [2.75, 3.05) is 5.32 Å². The number of ketones is 1. The van der Waals surface area contributed by atoms with Gasteiger partial charge in [0.05, 0.1) is 23.3 Å². The summed E-state index contributed by atoms with van der Waals surface area (Å²) in [6, 6.07) is 5.41. The van der Waals surface area contributed by atoms with Gasteiger partial charge in [-0.25, -0.2) is 4.98 Å². The molecule has 4 N–H and O–H groups in total. The summed E-state index contributed by atoms with van der Waals surface area (Å²) >= 11 is 0. The SMILES string of the molecule is CC(=O)OC1CC/C=C/OC(C)C(=O)c2c(=O)c(C)c(O)c3c(O)c(c4oc5cc(C(C)C)ccc5nc4c23)NC(=O)/C(C)=C/C=C/C(C)C[C@H](C)CC1O. The lowest BCUT2D eigenvalue weighted by molar-refractivity contribution is -0.153. The van der Waals surface area contributed by atoms with E-state index in [1.807, 2.05) is 39.8 Å². The summed E-state index contributed by atoms with van der Waals surface area (Å²) in [5.74, 6) is -2.79. The molecule has 12 nitrogen and oxygen atoms in total. The Morgan fingerprint density at radius 3 is 2.45 bits per heavy atom. The number of aromatic hydroxyl groups is 2. The number of phenolic OH excluding ortho intramolecular Hbond substituents is 2. The molecule has 12 heteroatoms. The van der Waals surface area contributed by atoms with E-state index in [4.69, 9.17) is 18.9 Å². The van der Waals surface area contributed by atoms with Crippen LogP contribution in [0.2, 0.25) is 0 Å². The van der Waals surface area contributed by atoms with Crippen molar-refractivity contribution in [1.29, 1.82) is 0 Å². The summed E-state index contributed by atoms with van der Waals surface area (Å²) in [5, 5.41) is 36.6. The van der Waals surface area contributed by atoms with Crippen LogP contribution in [-0.4, -0.2) is 56.3 Å². The second kappa shape index (κ2) is 16.9. The molecule has 2 bridgehead atoms. The number of aliphatic hydroxyl groups excluding tert-OH is 1. The number of allylic oxidation sites excluding steroid dienone is 4. The highest BCUT2D eigenvalue weighted by Gasteiger charge is 2.32. The molecule has 1 aliphatic heterocycles. The molecule has 0 radical (unpaired) electrons. The number of amides is 1. The zero-order chi connectivity index (χ0) is 40.3. The van der Waals surface area contributed by atoms with E-state index in [0.717, 1.165) is 5.56 Å². The molecule has 1 aliphatic rings. The van der Waals surface area contributed by atoms with Crippen molar-refractivity contribution < 1.29 is 43.6 Å². The van der Waals surface area contributed by atoms with Crippen molar-refractivity contribution in [3.05, 3.63) is 81.3 Å². The lowest BCUT2D eigenvalue weighted by atomic mass is 9.90. The molecule has 292 valence electrons. The Morgan fingerprint density at radius 1 is 1.04 bits per heavy atom. The minimum atomic E-state index is -1.22. The van der Waals surface area contributed by atoms with Gasteiger partial charge in [-0.05, 0) is 88.0 Å². The molecule has 0 spiro atoms. The van der Waals surface area contributed by atoms with Crippen LogP contribution >= 0.6 is 0 Å². The molecule has 1 aromatic heterocycles. The fraction of sp³-hybridized carbons (Fsp3) is 0.419. The van der Waals surface area contributed by atoms with E-state index >= 15 is 0 Å². The van der Waals surface area contributed by atoms with E-state index < -0.39 is 52.9 Å². The largest absolute Gasteiger partial charge is 0.507 e. The topological polar surface area (TPSA) is 185 Å². The quantitative estimate of drug-likeness (QED) is 0.0672. The maximum absolute atomic E-state index is 14.2. The third-order valence-corrected chi connectivity index (χ3v) is 10.1. The summed E-state index contributed by atoms with van der Waals surface area (Å²) in [7, 11) is 0. The lowest BCUT2D eigenvalue weighted by Crippen LogP contribution is -2.32. The van der Waals surface area contributed by atoms with E-state index in [2.05, 4.69) is 5.32 Å². The number of hydrogen-bond acceptors (Lipinski definition) is 11. The number of benzene rings is 3. The Labute approximate surface area is 319 Å². The van der Waals surface area contributed by atoms with Crippen LogP contribution in [0.25, 0.3) is 33.0 Å². The highest BCUT2D eigenvalue weighted by Crippen LogP contribution is 2.47. The number of nitrogens with one attached hydrogen (secondary N) is 1. The molecule has 4 unspecified atom stereocenters. The second-order valence-electron chi connectivity index (χ2n) is 15.0. The summed E-state index contributed by atoms with van der Waals surface area (Å²) in [4.78, 5) is 58.5. The Balaban J connectivity index is 1.74. The number of rotatable bonds is 2. The van der Waals surface area contributed by atoms with Crippen LogP contribution in [0.3, 0.4) is 0 Å². The predicted molar refractivity (Wildman–Crippen MR) is 211 cm³/mol. The van der Waals surface area contributed by atoms with Crippen LogP contribution in [0.4, 0.5) is 5.69 Å². The van der Waals surface area contributed by atoms with Crippen molar-refractivity contribution in [2.45, 2.75) is 105 Å². The fourth-order valence-electron chi connectivity index (χ4n) is 6.98. The summed E-state index contributed by atoms with van der Waals surface area (Å²) in [5.41, 5.74) is 0.184. The van der Waals surface area contributed by atoms with Crippen LogP contribution in [0.15, 0.2) is 63.6 Å². The van der Waals surface area contributed by atoms with Crippen molar-refractivity contribution >= 4 is 56.3 Å². The molecule has 0 saturated heterocycles. The monoisotopic (exact) mass is 754 g/mol. The van der Waals surface area contributed by atoms with Gasteiger partial charge in [-0.3, -0.25) is 19.2 Å². The maximum Gasteiger partial charge on any atom is 0.302 e. The number of carbonyl (C=O) groups is 3. The Bertz CT molecular complexity index is 2300. The number of esters is 1. The van der Waals surface area contributed by atoms with E-state index in [1.54, 1.807) is 37.3 Å². The molecule has 55 heavy (non-hydrogen) atoms. The molecule has 0 fully saturated rings. The normalized spacial score (nSPS) is 24.3. The molecule has 0 saturated carbocycles. The van der Waals surface area contributed by atoms with Gasteiger partial charge in [0.25, 0.3) is 5.91 Å².